The first-order chi connectivity index (χ1) is 12.7. The summed E-state index contributed by atoms with van der Waals surface area (Å²) in [6.45, 7) is 0. The molecule has 0 aliphatic heterocycles. The van der Waals surface area contributed by atoms with E-state index >= 15 is 0 Å². The third-order valence-corrected chi connectivity index (χ3v) is 3.92. The van der Waals surface area contributed by atoms with E-state index in [0.29, 0.717) is 11.6 Å². The van der Waals surface area contributed by atoms with Crippen molar-refractivity contribution in [3.63, 3.8) is 0 Å². The van der Waals surface area contributed by atoms with Crippen LogP contribution < -0.4 is 5.73 Å². The highest BCUT2D eigenvalue weighted by atomic mass is 19.4. The minimum absolute atomic E-state index is 0.0140. The fraction of sp³-hybridized carbons (Fsp3) is 0.105. The molecule has 0 amide bonds. The maximum Gasteiger partial charge on any atom is 0.416 e. The number of halogens is 3. The minimum atomic E-state index is -4.71. The monoisotopic (exact) mass is 377 g/mol. The van der Waals surface area contributed by atoms with E-state index in [2.05, 4.69) is 4.74 Å². The van der Waals surface area contributed by atoms with Gasteiger partial charge in [0.25, 0.3) is 0 Å². The summed E-state index contributed by atoms with van der Waals surface area (Å²) in [6, 6.07) is 11.0. The van der Waals surface area contributed by atoms with Gasteiger partial charge in [0.15, 0.2) is 11.5 Å². The van der Waals surface area contributed by atoms with Gasteiger partial charge in [0.1, 0.15) is 0 Å². The molecule has 0 saturated carbocycles. The Hall–Kier alpha value is -3.42. The molecule has 3 rings (SSSR count). The van der Waals surface area contributed by atoms with Gasteiger partial charge in [-0.1, -0.05) is 30.3 Å². The molecule has 0 aliphatic carbocycles. The van der Waals surface area contributed by atoms with Crippen LogP contribution in [0.5, 0.6) is 5.75 Å². The van der Waals surface area contributed by atoms with Gasteiger partial charge in [-0.05, 0) is 23.8 Å². The van der Waals surface area contributed by atoms with Crippen LogP contribution >= 0.6 is 0 Å². The summed E-state index contributed by atoms with van der Waals surface area (Å²) in [7, 11) is 1.06. The van der Waals surface area contributed by atoms with Gasteiger partial charge in [0.05, 0.1) is 23.8 Å². The number of ether oxygens (including phenoxy) is 1. The summed E-state index contributed by atoms with van der Waals surface area (Å²) in [4.78, 5) is 11.8. The van der Waals surface area contributed by atoms with E-state index in [1.165, 1.54) is 0 Å². The number of carbonyl (C=O) groups excluding carboxylic acids is 1. The maximum atomic E-state index is 13.2. The summed E-state index contributed by atoms with van der Waals surface area (Å²) in [5.41, 5.74) is 4.63. The highest BCUT2D eigenvalue weighted by Gasteiger charge is 2.33. The second-order valence-electron chi connectivity index (χ2n) is 5.67. The van der Waals surface area contributed by atoms with E-state index in [-0.39, 0.29) is 28.3 Å². The number of benzene rings is 2. The molecule has 3 aromatic rings. The van der Waals surface area contributed by atoms with Crippen LogP contribution in [0.2, 0.25) is 0 Å². The van der Waals surface area contributed by atoms with Gasteiger partial charge >= 0.3 is 12.1 Å². The number of rotatable bonds is 3. The van der Waals surface area contributed by atoms with Crippen LogP contribution in [0.15, 0.2) is 52.9 Å². The fourth-order valence-corrected chi connectivity index (χ4v) is 2.67. The standard InChI is InChI=1S/C19H14F3NO4/c1-26-18(25)12-7-11(8-13(9-12)19(20,21)22)14-15(24)16(27-17(14)23)10-5-3-2-4-6-10/h2-9,24H,23H2,1H3. The van der Waals surface area contributed by atoms with Gasteiger partial charge in [0, 0.05) is 5.56 Å². The lowest BCUT2D eigenvalue weighted by Gasteiger charge is -2.11. The number of furan rings is 1. The number of nitrogens with two attached hydrogens (primary N) is 1. The Bertz CT molecular complexity index is 994. The lowest BCUT2D eigenvalue weighted by Crippen LogP contribution is -2.09. The average Bonchev–Trinajstić information content (AvgIpc) is 2.95. The molecular weight excluding hydrogens is 363 g/mol. The van der Waals surface area contributed by atoms with Crippen LogP contribution in [0.4, 0.5) is 19.1 Å². The molecule has 1 heterocycles. The highest BCUT2D eigenvalue weighted by Crippen LogP contribution is 2.46. The Morgan fingerprint density at radius 3 is 2.37 bits per heavy atom. The molecule has 0 aliphatic rings. The van der Waals surface area contributed by atoms with Gasteiger partial charge in [0.2, 0.25) is 5.88 Å². The van der Waals surface area contributed by atoms with Crippen molar-refractivity contribution in [2.24, 2.45) is 0 Å². The molecule has 0 unspecified atom stereocenters. The first kappa shape index (κ1) is 18.4. The Balaban J connectivity index is 2.22. The zero-order chi connectivity index (χ0) is 19.8. The SMILES string of the molecule is COC(=O)c1cc(-c2c(N)oc(-c3ccccc3)c2O)cc(C(F)(F)F)c1. The highest BCUT2D eigenvalue weighted by molar-refractivity contribution is 5.94. The number of carbonyl (C=O) groups is 1. The van der Waals surface area contributed by atoms with Crippen LogP contribution in [0.1, 0.15) is 15.9 Å². The largest absolute Gasteiger partial charge is 0.504 e. The molecule has 0 bridgehead atoms. The molecule has 27 heavy (non-hydrogen) atoms. The van der Waals surface area contributed by atoms with Crippen LogP contribution in [0.3, 0.4) is 0 Å². The van der Waals surface area contributed by atoms with Crippen LogP contribution in [0.25, 0.3) is 22.5 Å². The van der Waals surface area contributed by atoms with Crippen molar-refractivity contribution in [1.82, 2.24) is 0 Å². The van der Waals surface area contributed by atoms with Crippen molar-refractivity contribution >= 4 is 11.9 Å². The molecule has 2 aromatic carbocycles. The predicted molar refractivity (Wildman–Crippen MR) is 92.0 cm³/mol. The zero-order valence-corrected chi connectivity index (χ0v) is 14.0. The van der Waals surface area contributed by atoms with E-state index in [4.69, 9.17) is 10.2 Å². The number of alkyl halides is 3. The molecular formula is C19H14F3NO4. The molecule has 1 aromatic heterocycles. The molecule has 0 radical (unpaired) electrons. The Morgan fingerprint density at radius 2 is 1.78 bits per heavy atom. The molecule has 3 N–H and O–H groups in total. The van der Waals surface area contributed by atoms with Crippen molar-refractivity contribution in [2.75, 3.05) is 12.8 Å². The zero-order valence-electron chi connectivity index (χ0n) is 14.0. The predicted octanol–water partition coefficient (Wildman–Crippen LogP) is 4.71. The minimum Gasteiger partial charge on any atom is -0.504 e. The summed E-state index contributed by atoms with van der Waals surface area (Å²) in [6.07, 6.45) is -4.71. The number of anilines is 1. The van der Waals surface area contributed by atoms with Crippen molar-refractivity contribution in [1.29, 1.82) is 0 Å². The van der Waals surface area contributed by atoms with E-state index in [1.807, 2.05) is 0 Å². The quantitative estimate of drug-likeness (QED) is 0.646. The first-order valence-electron chi connectivity index (χ1n) is 7.70. The molecule has 0 spiro atoms. The number of esters is 1. The van der Waals surface area contributed by atoms with Crippen molar-refractivity contribution in [3.8, 4) is 28.2 Å². The first-order valence-corrected chi connectivity index (χ1v) is 7.70. The van der Waals surface area contributed by atoms with Gasteiger partial charge in [-0.3, -0.25) is 0 Å². The third kappa shape index (κ3) is 3.46. The molecule has 5 nitrogen and oxygen atoms in total. The van der Waals surface area contributed by atoms with Gasteiger partial charge < -0.3 is 20.0 Å². The lowest BCUT2D eigenvalue weighted by molar-refractivity contribution is -0.137. The Morgan fingerprint density at radius 1 is 1.11 bits per heavy atom. The molecule has 0 atom stereocenters. The second-order valence-corrected chi connectivity index (χ2v) is 5.67. The number of aromatic hydroxyl groups is 1. The van der Waals surface area contributed by atoms with E-state index < -0.39 is 23.5 Å². The van der Waals surface area contributed by atoms with E-state index in [9.17, 15) is 23.1 Å². The van der Waals surface area contributed by atoms with Crippen LogP contribution in [-0.2, 0) is 10.9 Å². The third-order valence-electron chi connectivity index (χ3n) is 3.92. The van der Waals surface area contributed by atoms with Gasteiger partial charge in [-0.2, -0.15) is 13.2 Å². The van der Waals surface area contributed by atoms with E-state index in [1.54, 1.807) is 30.3 Å². The summed E-state index contributed by atoms with van der Waals surface area (Å²) in [5, 5.41) is 10.5. The Kier molecular flexibility index (Phi) is 4.57. The van der Waals surface area contributed by atoms with Crippen LogP contribution in [0, 0.1) is 0 Å². The smallest absolute Gasteiger partial charge is 0.416 e. The second kappa shape index (κ2) is 6.71. The van der Waals surface area contributed by atoms with Crippen molar-refractivity contribution in [2.45, 2.75) is 6.18 Å². The number of nitrogen functional groups attached to an aromatic ring is 1. The maximum absolute atomic E-state index is 13.2. The summed E-state index contributed by atoms with van der Waals surface area (Å²) in [5.74, 6) is -1.64. The molecule has 140 valence electrons. The fourth-order valence-electron chi connectivity index (χ4n) is 2.67. The van der Waals surface area contributed by atoms with Crippen molar-refractivity contribution in [3.05, 3.63) is 59.7 Å². The molecule has 0 fully saturated rings. The topological polar surface area (TPSA) is 85.7 Å². The van der Waals surface area contributed by atoms with E-state index in [0.717, 1.165) is 19.2 Å². The van der Waals surface area contributed by atoms with Crippen molar-refractivity contribution < 1.29 is 32.2 Å². The van der Waals surface area contributed by atoms with Gasteiger partial charge in [-0.15, -0.1) is 0 Å². The Labute approximate surface area is 151 Å². The molecule has 0 saturated heterocycles. The lowest BCUT2D eigenvalue weighted by atomic mass is 9.99. The average molecular weight is 377 g/mol. The summed E-state index contributed by atoms with van der Waals surface area (Å²) >= 11 is 0. The normalized spacial score (nSPS) is 11.4. The van der Waals surface area contributed by atoms with Crippen LogP contribution in [-0.4, -0.2) is 18.2 Å². The number of hydrogen-bond acceptors (Lipinski definition) is 5. The molecule has 8 heteroatoms. The number of methoxy groups -OCH3 is 1. The summed E-state index contributed by atoms with van der Waals surface area (Å²) < 4.78 is 49.6. The van der Waals surface area contributed by atoms with Gasteiger partial charge in [-0.25, -0.2) is 4.79 Å². The number of hydrogen-bond donors (Lipinski definition) is 2.